The Kier molecular flexibility index (Phi) is 5.32. The average Bonchev–Trinajstić information content (AvgIpc) is 3.39. The number of amides is 2. The van der Waals surface area contributed by atoms with Crippen LogP contribution in [0.1, 0.15) is 64.2 Å². The van der Waals surface area contributed by atoms with Gasteiger partial charge in [-0.1, -0.05) is 18.9 Å². The summed E-state index contributed by atoms with van der Waals surface area (Å²) in [5.74, 6) is 0.335. The zero-order valence-electron chi connectivity index (χ0n) is 16.0. The average molecular weight is 370 g/mol. The van der Waals surface area contributed by atoms with E-state index < -0.39 is 5.41 Å². The summed E-state index contributed by atoms with van der Waals surface area (Å²) in [6.45, 7) is 1.45. The normalized spacial score (nSPS) is 26.0. The van der Waals surface area contributed by atoms with Gasteiger partial charge >= 0.3 is 0 Å². The van der Waals surface area contributed by atoms with Crippen molar-refractivity contribution in [3.8, 4) is 0 Å². The van der Waals surface area contributed by atoms with Crippen molar-refractivity contribution in [2.75, 3.05) is 6.54 Å². The van der Waals surface area contributed by atoms with E-state index in [9.17, 15) is 9.59 Å². The number of fused-ring (bicyclic) bond motifs is 1. The zero-order valence-corrected chi connectivity index (χ0v) is 16.0. The van der Waals surface area contributed by atoms with Crippen LogP contribution in [0.3, 0.4) is 0 Å². The van der Waals surface area contributed by atoms with Crippen molar-refractivity contribution < 1.29 is 9.59 Å². The number of aryl methyl sites for hydroxylation is 1. The van der Waals surface area contributed by atoms with Crippen LogP contribution in [0.4, 0.5) is 0 Å². The van der Waals surface area contributed by atoms with Crippen LogP contribution in [0.2, 0.25) is 0 Å². The topological polar surface area (TPSA) is 67.2 Å². The Labute approximate surface area is 161 Å². The van der Waals surface area contributed by atoms with Gasteiger partial charge in [0.05, 0.1) is 5.41 Å². The van der Waals surface area contributed by atoms with Crippen LogP contribution < -0.4 is 5.32 Å². The van der Waals surface area contributed by atoms with Crippen molar-refractivity contribution in [2.24, 2.45) is 5.41 Å². The smallest absolute Gasteiger partial charge is 0.232 e. The molecule has 3 aliphatic rings. The summed E-state index contributed by atoms with van der Waals surface area (Å²) >= 11 is 0. The molecule has 1 aliphatic heterocycles. The largest absolute Gasteiger partial charge is 0.355 e. The van der Waals surface area contributed by atoms with Crippen LogP contribution in [0, 0.1) is 5.41 Å². The molecule has 1 unspecified atom stereocenters. The number of aromatic nitrogens is 2. The maximum absolute atomic E-state index is 13.3. The Balaban J connectivity index is 1.45. The molecule has 0 bridgehead atoms. The molecule has 0 radical (unpaired) electrons. The van der Waals surface area contributed by atoms with Crippen LogP contribution in [-0.4, -0.2) is 39.1 Å². The monoisotopic (exact) mass is 370 g/mol. The van der Waals surface area contributed by atoms with Crippen LogP contribution in [0.25, 0.3) is 0 Å². The number of carbonyl (C=O) groups is 2. The van der Waals surface area contributed by atoms with Crippen LogP contribution in [-0.2, 0) is 16.1 Å². The Bertz CT molecular complexity index is 706. The Morgan fingerprint density at radius 2 is 2.11 bits per heavy atom. The molecule has 27 heavy (non-hydrogen) atoms. The van der Waals surface area contributed by atoms with Gasteiger partial charge in [0.2, 0.25) is 11.8 Å². The van der Waals surface area contributed by atoms with Gasteiger partial charge in [0, 0.05) is 43.6 Å². The van der Waals surface area contributed by atoms with Gasteiger partial charge in [0.1, 0.15) is 0 Å². The van der Waals surface area contributed by atoms with Gasteiger partial charge in [-0.25, -0.2) is 0 Å². The van der Waals surface area contributed by atoms with Gasteiger partial charge in [-0.15, -0.1) is 0 Å². The third-order valence-electron chi connectivity index (χ3n) is 6.46. The van der Waals surface area contributed by atoms with Crippen LogP contribution in [0.15, 0.2) is 30.2 Å². The minimum atomic E-state index is -0.500. The highest BCUT2D eigenvalue weighted by Crippen LogP contribution is 2.48. The van der Waals surface area contributed by atoms with Gasteiger partial charge < -0.3 is 10.2 Å². The number of hydrogen-bond donors (Lipinski definition) is 1. The van der Waals surface area contributed by atoms with Crippen molar-refractivity contribution in [1.82, 2.24) is 20.0 Å². The quantitative estimate of drug-likeness (QED) is 0.783. The van der Waals surface area contributed by atoms with Crippen molar-refractivity contribution in [3.63, 3.8) is 0 Å². The molecule has 0 aromatic carbocycles. The summed E-state index contributed by atoms with van der Waals surface area (Å²) in [7, 11) is 0. The lowest BCUT2D eigenvalue weighted by atomic mass is 9.68. The van der Waals surface area contributed by atoms with Gasteiger partial charge in [-0.05, 0) is 51.0 Å². The minimum absolute atomic E-state index is 0.115. The molecule has 6 nitrogen and oxygen atoms in total. The first kappa shape index (κ1) is 18.3. The molecule has 2 fully saturated rings. The maximum atomic E-state index is 13.3. The number of nitrogens with one attached hydrogen (secondary N) is 1. The summed E-state index contributed by atoms with van der Waals surface area (Å²) in [4.78, 5) is 28.0. The SMILES string of the molecule is O=C1CCC2(C(=O)NCCCn3cccn3)CCCC=C2N1C1CCCC1. The summed E-state index contributed by atoms with van der Waals surface area (Å²) in [6, 6.07) is 2.21. The van der Waals surface area contributed by atoms with E-state index in [1.807, 2.05) is 21.8 Å². The third-order valence-corrected chi connectivity index (χ3v) is 6.46. The summed E-state index contributed by atoms with van der Waals surface area (Å²) in [5.41, 5.74) is 0.516. The molecule has 1 atom stereocenters. The summed E-state index contributed by atoms with van der Waals surface area (Å²) < 4.78 is 1.89. The molecule has 2 heterocycles. The molecule has 2 amide bonds. The fourth-order valence-corrected chi connectivity index (χ4v) is 5.07. The van der Waals surface area contributed by atoms with E-state index in [2.05, 4.69) is 16.5 Å². The predicted octanol–water partition coefficient (Wildman–Crippen LogP) is 3.01. The lowest BCUT2D eigenvalue weighted by Crippen LogP contribution is -2.55. The van der Waals surface area contributed by atoms with Crippen molar-refractivity contribution in [3.05, 3.63) is 30.2 Å². The molecule has 1 aromatic rings. The summed E-state index contributed by atoms with van der Waals surface area (Å²) in [6.07, 6.45) is 15.3. The molecule has 146 valence electrons. The highest BCUT2D eigenvalue weighted by atomic mass is 16.2. The maximum Gasteiger partial charge on any atom is 0.232 e. The van der Waals surface area contributed by atoms with E-state index in [1.54, 1.807) is 6.20 Å². The molecular formula is C21H30N4O2. The second-order valence-corrected chi connectivity index (χ2v) is 8.14. The molecular weight excluding hydrogens is 340 g/mol. The first-order valence-electron chi connectivity index (χ1n) is 10.5. The van der Waals surface area contributed by atoms with Crippen molar-refractivity contribution >= 4 is 11.8 Å². The number of allylic oxidation sites excluding steroid dienone is 1. The number of carbonyl (C=O) groups excluding carboxylic acids is 2. The first-order valence-corrected chi connectivity index (χ1v) is 10.5. The lowest BCUT2D eigenvalue weighted by molar-refractivity contribution is -0.142. The zero-order chi connectivity index (χ0) is 18.7. The lowest BCUT2D eigenvalue weighted by Gasteiger charge is -2.48. The Morgan fingerprint density at radius 1 is 1.26 bits per heavy atom. The number of likely N-dealkylation sites (tertiary alicyclic amines) is 1. The fourth-order valence-electron chi connectivity index (χ4n) is 5.07. The van der Waals surface area contributed by atoms with Crippen LogP contribution in [0.5, 0.6) is 0 Å². The molecule has 1 aromatic heterocycles. The molecule has 6 heteroatoms. The number of piperidine rings is 1. The van der Waals surface area contributed by atoms with Crippen molar-refractivity contribution in [1.29, 1.82) is 0 Å². The van der Waals surface area contributed by atoms with E-state index in [4.69, 9.17) is 0 Å². The highest BCUT2D eigenvalue weighted by molar-refractivity contribution is 5.91. The van der Waals surface area contributed by atoms with E-state index >= 15 is 0 Å². The minimum Gasteiger partial charge on any atom is -0.355 e. The fraction of sp³-hybridized carbons (Fsp3) is 0.667. The molecule has 4 rings (SSSR count). The van der Waals surface area contributed by atoms with Gasteiger partial charge in [0.25, 0.3) is 0 Å². The van der Waals surface area contributed by atoms with E-state index in [1.165, 1.54) is 12.8 Å². The first-order chi connectivity index (χ1) is 13.2. The van der Waals surface area contributed by atoms with Gasteiger partial charge in [-0.3, -0.25) is 14.3 Å². The van der Waals surface area contributed by atoms with E-state index in [0.29, 0.717) is 25.4 Å². The van der Waals surface area contributed by atoms with Gasteiger partial charge in [-0.2, -0.15) is 5.10 Å². The van der Waals surface area contributed by atoms with E-state index in [-0.39, 0.29) is 11.8 Å². The second-order valence-electron chi connectivity index (χ2n) is 8.14. The second kappa shape index (κ2) is 7.87. The molecule has 1 N–H and O–H groups in total. The number of nitrogens with zero attached hydrogens (tertiary/aromatic N) is 3. The third kappa shape index (κ3) is 3.54. The summed E-state index contributed by atoms with van der Waals surface area (Å²) in [5, 5.41) is 7.37. The standard InChI is InChI=1S/C21H30N4O2/c26-19-10-12-21(20(27)22-13-5-15-24-16-6-14-23-24)11-4-3-9-18(21)25(19)17-7-1-2-8-17/h6,9,14,16-17H,1-5,7-8,10-13,15H2,(H,22,27). The van der Waals surface area contributed by atoms with E-state index in [0.717, 1.165) is 50.8 Å². The van der Waals surface area contributed by atoms with Crippen molar-refractivity contribution in [2.45, 2.75) is 76.8 Å². The molecule has 1 saturated carbocycles. The Hall–Kier alpha value is -2.11. The number of hydrogen-bond acceptors (Lipinski definition) is 3. The van der Waals surface area contributed by atoms with Crippen LogP contribution >= 0.6 is 0 Å². The molecule has 2 aliphatic carbocycles. The predicted molar refractivity (Wildman–Crippen MR) is 103 cm³/mol. The number of rotatable bonds is 6. The molecule has 1 saturated heterocycles. The van der Waals surface area contributed by atoms with Gasteiger partial charge in [0.15, 0.2) is 0 Å². The Morgan fingerprint density at radius 3 is 2.89 bits per heavy atom. The molecule has 0 spiro atoms. The highest BCUT2D eigenvalue weighted by Gasteiger charge is 2.51.